The normalized spacial score (nSPS) is 12.1. The first kappa shape index (κ1) is 18.5. The van der Waals surface area contributed by atoms with Crippen molar-refractivity contribution in [1.82, 2.24) is 9.97 Å². The Hall–Kier alpha value is -2.83. The SMILES string of the molecule is COC(=O)c1sc(-c2cnc3[nH]ccc3c2)cc1O[C@H](C)c1ccccc1Cl. The molecule has 28 heavy (non-hydrogen) atoms. The highest BCUT2D eigenvalue weighted by Gasteiger charge is 2.22. The predicted molar refractivity (Wildman–Crippen MR) is 111 cm³/mol. The van der Waals surface area contributed by atoms with E-state index in [0.717, 1.165) is 27.0 Å². The Bertz CT molecular complexity index is 1150. The van der Waals surface area contributed by atoms with E-state index in [9.17, 15) is 4.79 Å². The molecule has 0 amide bonds. The monoisotopic (exact) mass is 412 g/mol. The molecule has 0 aliphatic carbocycles. The fraction of sp³-hybridized carbons (Fsp3) is 0.143. The first-order valence-electron chi connectivity index (χ1n) is 8.63. The van der Waals surface area contributed by atoms with Gasteiger partial charge >= 0.3 is 5.97 Å². The number of aromatic amines is 1. The van der Waals surface area contributed by atoms with E-state index in [4.69, 9.17) is 21.1 Å². The lowest BCUT2D eigenvalue weighted by Gasteiger charge is -2.16. The summed E-state index contributed by atoms with van der Waals surface area (Å²) in [5.41, 5.74) is 2.57. The molecule has 3 heterocycles. The van der Waals surface area contributed by atoms with Crippen molar-refractivity contribution in [2.24, 2.45) is 0 Å². The summed E-state index contributed by atoms with van der Waals surface area (Å²) in [7, 11) is 1.36. The smallest absolute Gasteiger partial charge is 0.351 e. The second-order valence-corrected chi connectivity index (χ2v) is 7.68. The molecule has 0 saturated carbocycles. The second kappa shape index (κ2) is 7.66. The number of aromatic nitrogens is 2. The standard InChI is InChI=1S/C21H17ClN2O3S/c1-12(15-5-3-4-6-16(15)22)27-17-10-18(28-19(17)21(25)26-2)14-9-13-7-8-23-20(13)24-11-14/h3-12H,1-2H3,(H,23,24)/t12-/m1/s1. The number of carbonyl (C=O) groups excluding carboxylic acids is 1. The van der Waals surface area contributed by atoms with Crippen LogP contribution >= 0.6 is 22.9 Å². The highest BCUT2D eigenvalue weighted by atomic mass is 35.5. The zero-order valence-electron chi connectivity index (χ0n) is 15.2. The molecule has 0 fully saturated rings. The van der Waals surface area contributed by atoms with Crippen LogP contribution in [0.3, 0.4) is 0 Å². The predicted octanol–water partition coefficient (Wildman–Crippen LogP) is 5.87. The van der Waals surface area contributed by atoms with Gasteiger partial charge in [-0.15, -0.1) is 11.3 Å². The summed E-state index contributed by atoms with van der Waals surface area (Å²) in [6.45, 7) is 1.90. The van der Waals surface area contributed by atoms with E-state index in [2.05, 4.69) is 9.97 Å². The van der Waals surface area contributed by atoms with Gasteiger partial charge in [-0.05, 0) is 31.2 Å². The number of hydrogen-bond donors (Lipinski definition) is 1. The van der Waals surface area contributed by atoms with Gasteiger partial charge in [0.25, 0.3) is 0 Å². The highest BCUT2D eigenvalue weighted by molar-refractivity contribution is 7.17. The van der Waals surface area contributed by atoms with Crippen LogP contribution in [0, 0.1) is 0 Å². The van der Waals surface area contributed by atoms with E-state index < -0.39 is 5.97 Å². The Kier molecular flexibility index (Phi) is 5.07. The molecule has 0 aliphatic rings. The van der Waals surface area contributed by atoms with E-state index >= 15 is 0 Å². The van der Waals surface area contributed by atoms with Gasteiger partial charge in [-0.3, -0.25) is 0 Å². The van der Waals surface area contributed by atoms with Crippen molar-refractivity contribution in [3.63, 3.8) is 0 Å². The number of rotatable bonds is 5. The first-order chi connectivity index (χ1) is 13.6. The van der Waals surface area contributed by atoms with E-state index in [1.807, 2.05) is 55.6 Å². The fourth-order valence-electron chi connectivity index (χ4n) is 2.97. The summed E-state index contributed by atoms with van der Waals surface area (Å²) in [6.07, 6.45) is 3.28. The maximum absolute atomic E-state index is 12.3. The molecular weight excluding hydrogens is 396 g/mol. The quantitative estimate of drug-likeness (QED) is 0.416. The zero-order chi connectivity index (χ0) is 19.7. The Morgan fingerprint density at radius 3 is 2.86 bits per heavy atom. The van der Waals surface area contributed by atoms with Crippen molar-refractivity contribution in [1.29, 1.82) is 0 Å². The fourth-order valence-corrected chi connectivity index (χ4v) is 4.25. The lowest BCUT2D eigenvalue weighted by atomic mass is 10.1. The summed E-state index contributed by atoms with van der Waals surface area (Å²) in [6, 6.07) is 13.3. The van der Waals surface area contributed by atoms with Crippen LogP contribution in [0.4, 0.5) is 0 Å². The number of methoxy groups -OCH3 is 1. The van der Waals surface area contributed by atoms with Crippen LogP contribution in [0.25, 0.3) is 21.5 Å². The Morgan fingerprint density at radius 2 is 2.07 bits per heavy atom. The Labute approximate surface area is 170 Å². The van der Waals surface area contributed by atoms with Gasteiger partial charge in [0.2, 0.25) is 0 Å². The molecule has 0 spiro atoms. The van der Waals surface area contributed by atoms with Gasteiger partial charge in [-0.1, -0.05) is 29.8 Å². The lowest BCUT2D eigenvalue weighted by Crippen LogP contribution is -2.07. The summed E-state index contributed by atoms with van der Waals surface area (Å²) in [4.78, 5) is 21.1. The van der Waals surface area contributed by atoms with E-state index in [1.165, 1.54) is 18.4 Å². The van der Waals surface area contributed by atoms with Crippen LogP contribution in [-0.2, 0) is 4.74 Å². The van der Waals surface area contributed by atoms with Crippen LogP contribution in [0.5, 0.6) is 5.75 Å². The number of benzene rings is 1. The molecule has 4 aromatic rings. The molecule has 0 radical (unpaired) electrons. The summed E-state index contributed by atoms with van der Waals surface area (Å²) in [5.74, 6) is 0.0294. The van der Waals surface area contributed by atoms with Crippen LogP contribution in [0.1, 0.15) is 28.3 Å². The van der Waals surface area contributed by atoms with Gasteiger partial charge in [0.05, 0.1) is 7.11 Å². The molecule has 0 bridgehead atoms. The maximum atomic E-state index is 12.3. The number of halogens is 1. The number of thiophene rings is 1. The second-order valence-electron chi connectivity index (χ2n) is 6.22. The Morgan fingerprint density at radius 1 is 1.25 bits per heavy atom. The summed E-state index contributed by atoms with van der Waals surface area (Å²) >= 11 is 7.60. The van der Waals surface area contributed by atoms with E-state index in [1.54, 1.807) is 6.20 Å². The van der Waals surface area contributed by atoms with Crippen molar-refractivity contribution < 1.29 is 14.3 Å². The lowest BCUT2D eigenvalue weighted by molar-refractivity contribution is 0.0600. The number of nitrogens with one attached hydrogen (secondary N) is 1. The van der Waals surface area contributed by atoms with Crippen LogP contribution in [0.15, 0.2) is 54.9 Å². The molecule has 1 aromatic carbocycles. The van der Waals surface area contributed by atoms with Gasteiger partial charge in [-0.25, -0.2) is 9.78 Å². The van der Waals surface area contributed by atoms with Gasteiger partial charge in [0, 0.05) is 38.8 Å². The molecule has 1 N–H and O–H groups in total. The van der Waals surface area contributed by atoms with Crippen molar-refractivity contribution >= 4 is 39.9 Å². The van der Waals surface area contributed by atoms with Gasteiger partial charge in [0.15, 0.2) is 4.88 Å². The minimum atomic E-state index is -0.437. The number of fused-ring (bicyclic) bond motifs is 1. The Balaban J connectivity index is 1.71. The third-order valence-corrected chi connectivity index (χ3v) is 5.89. The maximum Gasteiger partial charge on any atom is 0.351 e. The first-order valence-corrected chi connectivity index (χ1v) is 9.83. The zero-order valence-corrected chi connectivity index (χ0v) is 16.8. The number of carbonyl (C=O) groups is 1. The largest absolute Gasteiger partial charge is 0.484 e. The van der Waals surface area contributed by atoms with Gasteiger partial charge < -0.3 is 14.5 Å². The third kappa shape index (κ3) is 3.48. The molecule has 7 heteroatoms. The minimum absolute atomic E-state index is 0.329. The summed E-state index contributed by atoms with van der Waals surface area (Å²) < 4.78 is 11.0. The van der Waals surface area contributed by atoms with E-state index in [-0.39, 0.29) is 6.10 Å². The van der Waals surface area contributed by atoms with Crippen molar-refractivity contribution in [3.05, 3.63) is 70.3 Å². The van der Waals surface area contributed by atoms with Crippen molar-refractivity contribution in [2.75, 3.05) is 7.11 Å². The summed E-state index contributed by atoms with van der Waals surface area (Å²) in [5, 5.41) is 1.62. The van der Waals surface area contributed by atoms with Crippen LogP contribution in [-0.4, -0.2) is 23.0 Å². The average Bonchev–Trinajstić information content (AvgIpc) is 3.34. The number of hydrogen-bond acceptors (Lipinski definition) is 5. The molecule has 0 aliphatic heterocycles. The molecule has 5 nitrogen and oxygen atoms in total. The molecule has 4 rings (SSSR count). The minimum Gasteiger partial charge on any atom is -0.484 e. The van der Waals surface area contributed by atoms with Crippen LogP contribution < -0.4 is 4.74 Å². The molecule has 0 unspecified atom stereocenters. The number of esters is 1. The molecule has 142 valence electrons. The highest BCUT2D eigenvalue weighted by Crippen LogP contribution is 2.39. The average molecular weight is 413 g/mol. The van der Waals surface area contributed by atoms with Gasteiger partial charge in [0.1, 0.15) is 17.5 Å². The third-order valence-electron chi connectivity index (χ3n) is 4.40. The molecule has 0 saturated heterocycles. The number of H-pyrrole nitrogens is 1. The number of pyridine rings is 1. The van der Waals surface area contributed by atoms with E-state index in [0.29, 0.717) is 15.6 Å². The topological polar surface area (TPSA) is 64.2 Å². The number of nitrogens with zero attached hydrogens (tertiary/aromatic N) is 1. The van der Waals surface area contributed by atoms with Crippen molar-refractivity contribution in [3.8, 4) is 16.2 Å². The molecule has 3 aromatic heterocycles. The number of ether oxygens (including phenoxy) is 2. The molecular formula is C21H17ClN2O3S. The van der Waals surface area contributed by atoms with Crippen LogP contribution in [0.2, 0.25) is 5.02 Å². The molecule has 1 atom stereocenters. The van der Waals surface area contributed by atoms with Gasteiger partial charge in [-0.2, -0.15) is 0 Å². The van der Waals surface area contributed by atoms with Crippen molar-refractivity contribution in [2.45, 2.75) is 13.0 Å².